The highest BCUT2D eigenvalue weighted by atomic mass is 31.2. The first-order valence-electron chi connectivity index (χ1n) is 13.0. The molecule has 4 heteroatoms. The van der Waals surface area contributed by atoms with E-state index in [-0.39, 0.29) is 0 Å². The Morgan fingerprint density at radius 1 is 0.513 bits per heavy atom. The van der Waals surface area contributed by atoms with Crippen LogP contribution in [0.2, 0.25) is 0 Å². The molecule has 0 atom stereocenters. The van der Waals surface area contributed by atoms with Crippen LogP contribution in [0, 0.1) is 0 Å². The molecule has 0 unspecified atom stereocenters. The minimum atomic E-state index is -3.11. The van der Waals surface area contributed by atoms with Gasteiger partial charge in [0, 0.05) is 38.8 Å². The Kier molecular flexibility index (Phi) is 5.73. The second-order valence-corrected chi connectivity index (χ2v) is 12.3. The van der Waals surface area contributed by atoms with Gasteiger partial charge in [0.15, 0.2) is 7.14 Å². The SMILES string of the molecule is O=P(c1ccccc1)(c1ccccc1)c1ccc(-c2cccc(-n3c4ccccc4c4ccccc43)c2)cn1. The number of rotatable bonds is 5. The molecule has 0 aliphatic carbocycles. The van der Waals surface area contributed by atoms with Crippen LogP contribution in [0.15, 0.2) is 152 Å². The largest absolute Gasteiger partial charge is 0.309 e. The summed E-state index contributed by atoms with van der Waals surface area (Å²) in [6.45, 7) is 0. The Bertz CT molecular complexity index is 1880. The van der Waals surface area contributed by atoms with Crippen molar-refractivity contribution in [3.63, 3.8) is 0 Å². The van der Waals surface area contributed by atoms with Gasteiger partial charge in [-0.05, 0) is 35.9 Å². The lowest BCUT2D eigenvalue weighted by Gasteiger charge is -2.19. The standard InChI is InChI=1S/C35H25N2OP/c38-39(29-14-3-1-4-15-29,30-16-5-2-6-17-30)35-23-22-27(25-36-35)26-12-11-13-28(24-26)37-33-20-9-7-18-31(33)32-19-8-10-21-34(32)37/h1-25H. The van der Waals surface area contributed by atoms with Gasteiger partial charge in [-0.15, -0.1) is 0 Å². The molecular weight excluding hydrogens is 495 g/mol. The Morgan fingerprint density at radius 2 is 1.08 bits per heavy atom. The normalized spacial score (nSPS) is 11.7. The summed E-state index contributed by atoms with van der Waals surface area (Å²) in [5.74, 6) is 0. The Labute approximate surface area is 227 Å². The fraction of sp³-hybridized carbons (Fsp3) is 0. The molecule has 2 aromatic heterocycles. The van der Waals surface area contributed by atoms with E-state index in [9.17, 15) is 4.57 Å². The third kappa shape index (κ3) is 3.91. The molecule has 0 bridgehead atoms. The Balaban J connectivity index is 1.33. The molecule has 39 heavy (non-hydrogen) atoms. The van der Waals surface area contributed by atoms with Crippen molar-refractivity contribution in [1.29, 1.82) is 0 Å². The molecule has 0 saturated heterocycles. The molecule has 0 radical (unpaired) electrons. The van der Waals surface area contributed by atoms with Crippen LogP contribution in [-0.4, -0.2) is 9.55 Å². The number of hydrogen-bond donors (Lipinski definition) is 0. The van der Waals surface area contributed by atoms with Crippen LogP contribution in [0.5, 0.6) is 0 Å². The second-order valence-electron chi connectivity index (χ2n) is 9.61. The molecule has 5 aromatic carbocycles. The van der Waals surface area contributed by atoms with E-state index in [0.717, 1.165) is 27.4 Å². The summed E-state index contributed by atoms with van der Waals surface area (Å²) in [6.07, 6.45) is 1.85. The lowest BCUT2D eigenvalue weighted by Crippen LogP contribution is -2.26. The van der Waals surface area contributed by atoms with Crippen LogP contribution in [0.4, 0.5) is 0 Å². The number of aromatic nitrogens is 2. The zero-order chi connectivity index (χ0) is 26.2. The van der Waals surface area contributed by atoms with E-state index in [1.807, 2.05) is 79.0 Å². The van der Waals surface area contributed by atoms with E-state index in [1.165, 1.54) is 21.8 Å². The average molecular weight is 521 g/mol. The van der Waals surface area contributed by atoms with Crippen molar-refractivity contribution in [3.05, 3.63) is 152 Å². The highest BCUT2D eigenvalue weighted by Crippen LogP contribution is 2.41. The van der Waals surface area contributed by atoms with E-state index in [0.29, 0.717) is 5.44 Å². The summed E-state index contributed by atoms with van der Waals surface area (Å²) in [5.41, 5.74) is 6.07. The number of para-hydroxylation sites is 2. The van der Waals surface area contributed by atoms with Gasteiger partial charge in [0.25, 0.3) is 0 Å². The molecule has 186 valence electrons. The summed E-state index contributed by atoms with van der Waals surface area (Å²) < 4.78 is 17.0. The molecule has 7 aromatic rings. The first kappa shape index (κ1) is 23.4. The van der Waals surface area contributed by atoms with Crippen LogP contribution in [0.1, 0.15) is 0 Å². The van der Waals surface area contributed by atoms with Crippen molar-refractivity contribution in [3.8, 4) is 16.8 Å². The van der Waals surface area contributed by atoms with Crippen LogP contribution in [0.3, 0.4) is 0 Å². The number of fused-ring (bicyclic) bond motifs is 3. The quantitative estimate of drug-likeness (QED) is 0.221. The van der Waals surface area contributed by atoms with Crippen molar-refractivity contribution in [1.82, 2.24) is 9.55 Å². The van der Waals surface area contributed by atoms with Gasteiger partial charge < -0.3 is 9.13 Å². The molecule has 2 heterocycles. The lowest BCUT2D eigenvalue weighted by molar-refractivity contribution is 0.592. The minimum Gasteiger partial charge on any atom is -0.309 e. The Morgan fingerprint density at radius 3 is 1.64 bits per heavy atom. The minimum absolute atomic E-state index is 0.585. The summed E-state index contributed by atoms with van der Waals surface area (Å²) in [5, 5.41) is 4.04. The molecule has 0 amide bonds. The molecule has 0 aliphatic heterocycles. The van der Waals surface area contributed by atoms with Crippen LogP contribution in [0.25, 0.3) is 38.6 Å². The topological polar surface area (TPSA) is 34.9 Å². The first-order chi connectivity index (χ1) is 19.2. The van der Waals surface area contributed by atoms with E-state index >= 15 is 0 Å². The molecule has 0 N–H and O–H groups in total. The molecule has 0 spiro atoms. The molecule has 7 rings (SSSR count). The number of benzene rings is 5. The molecule has 3 nitrogen and oxygen atoms in total. The van der Waals surface area contributed by atoms with Crippen LogP contribution < -0.4 is 16.0 Å². The fourth-order valence-corrected chi connectivity index (χ4v) is 7.97. The lowest BCUT2D eigenvalue weighted by atomic mass is 10.1. The van der Waals surface area contributed by atoms with Crippen molar-refractivity contribution in [2.24, 2.45) is 0 Å². The van der Waals surface area contributed by atoms with Gasteiger partial charge in [0.05, 0.1) is 11.0 Å². The monoisotopic (exact) mass is 520 g/mol. The predicted octanol–water partition coefficient (Wildman–Crippen LogP) is 7.49. The maximum Gasteiger partial charge on any atom is 0.188 e. The van der Waals surface area contributed by atoms with Crippen molar-refractivity contribution in [2.75, 3.05) is 0 Å². The highest BCUT2D eigenvalue weighted by Gasteiger charge is 2.30. The predicted molar refractivity (Wildman–Crippen MR) is 163 cm³/mol. The summed E-state index contributed by atoms with van der Waals surface area (Å²) >= 11 is 0. The van der Waals surface area contributed by atoms with E-state index in [4.69, 9.17) is 4.98 Å². The van der Waals surface area contributed by atoms with Gasteiger partial charge >= 0.3 is 0 Å². The van der Waals surface area contributed by atoms with Crippen molar-refractivity contribution < 1.29 is 4.57 Å². The Hall–Kier alpha value is -4.72. The average Bonchev–Trinajstić information content (AvgIpc) is 3.36. The smallest absolute Gasteiger partial charge is 0.188 e. The summed E-state index contributed by atoms with van der Waals surface area (Å²) in [4.78, 5) is 4.80. The maximum absolute atomic E-state index is 14.7. The zero-order valence-electron chi connectivity index (χ0n) is 21.2. The highest BCUT2D eigenvalue weighted by molar-refractivity contribution is 7.85. The maximum atomic E-state index is 14.7. The van der Waals surface area contributed by atoms with E-state index in [2.05, 4.69) is 77.4 Å². The van der Waals surface area contributed by atoms with Crippen molar-refractivity contribution >= 4 is 45.0 Å². The van der Waals surface area contributed by atoms with Gasteiger partial charge in [-0.3, -0.25) is 4.98 Å². The van der Waals surface area contributed by atoms with Gasteiger partial charge in [0.2, 0.25) is 0 Å². The van der Waals surface area contributed by atoms with Gasteiger partial charge in [0.1, 0.15) is 5.44 Å². The van der Waals surface area contributed by atoms with E-state index in [1.54, 1.807) is 0 Å². The molecule has 0 aliphatic rings. The number of nitrogens with zero attached hydrogens (tertiary/aromatic N) is 2. The summed E-state index contributed by atoms with van der Waals surface area (Å²) in [7, 11) is -3.11. The zero-order valence-corrected chi connectivity index (χ0v) is 22.1. The van der Waals surface area contributed by atoms with Gasteiger partial charge in [-0.25, -0.2) is 0 Å². The fourth-order valence-electron chi connectivity index (χ4n) is 5.46. The molecular formula is C35H25N2OP. The third-order valence-electron chi connectivity index (χ3n) is 7.33. The number of hydrogen-bond acceptors (Lipinski definition) is 2. The number of pyridine rings is 1. The molecule has 0 saturated carbocycles. The second kappa shape index (κ2) is 9.54. The third-order valence-corrected chi connectivity index (χ3v) is 10.3. The summed E-state index contributed by atoms with van der Waals surface area (Å²) in [6, 6.07) is 48.8. The van der Waals surface area contributed by atoms with Gasteiger partial charge in [-0.2, -0.15) is 0 Å². The molecule has 0 fully saturated rings. The van der Waals surface area contributed by atoms with E-state index < -0.39 is 7.14 Å². The van der Waals surface area contributed by atoms with Gasteiger partial charge in [-0.1, -0.05) is 115 Å². The van der Waals surface area contributed by atoms with Crippen LogP contribution >= 0.6 is 7.14 Å². The first-order valence-corrected chi connectivity index (χ1v) is 14.7. The van der Waals surface area contributed by atoms with Crippen molar-refractivity contribution in [2.45, 2.75) is 0 Å². The van der Waals surface area contributed by atoms with Crippen LogP contribution in [-0.2, 0) is 4.57 Å².